The Balaban J connectivity index is 0.000000189. The zero-order valence-corrected chi connectivity index (χ0v) is 59.4. The van der Waals surface area contributed by atoms with E-state index in [0.717, 1.165) is 22.6 Å². The van der Waals surface area contributed by atoms with Crippen LogP contribution in [0, 0.1) is 17.2 Å². The van der Waals surface area contributed by atoms with Gasteiger partial charge in [0.25, 0.3) is 0 Å². The van der Waals surface area contributed by atoms with Crippen LogP contribution in [-0.4, -0.2) is 144 Å². The van der Waals surface area contributed by atoms with Crippen LogP contribution in [0.1, 0.15) is 96.5 Å². The van der Waals surface area contributed by atoms with Gasteiger partial charge in [0.05, 0.1) is 106 Å². The minimum Gasteiger partial charge on any atom is -0.478 e. The molecule has 0 bridgehead atoms. The molecule has 1 atom stereocenters. The van der Waals surface area contributed by atoms with E-state index >= 15 is 0 Å². The summed E-state index contributed by atoms with van der Waals surface area (Å²) in [6.07, 6.45) is 8.73. The van der Waals surface area contributed by atoms with E-state index in [1.165, 1.54) is 43.7 Å². The number of hydrogen-bond acceptors (Lipinski definition) is 29. The second-order valence-corrected chi connectivity index (χ2v) is 23.0. The van der Waals surface area contributed by atoms with Gasteiger partial charge in [-0.1, -0.05) is 15.9 Å². The summed E-state index contributed by atoms with van der Waals surface area (Å²) in [6, 6.07) is 20.1. The summed E-state index contributed by atoms with van der Waals surface area (Å²) in [4.78, 5) is 138. The number of nitriles is 1. The van der Waals surface area contributed by atoms with Crippen molar-refractivity contribution in [3.63, 3.8) is 0 Å². The van der Waals surface area contributed by atoms with Crippen LogP contribution >= 0.6 is 75.1 Å². The number of nitrogens with zero attached hydrogens (tertiary/aromatic N) is 13. The van der Waals surface area contributed by atoms with Crippen molar-refractivity contribution in [2.45, 2.75) is 34.1 Å². The van der Waals surface area contributed by atoms with Gasteiger partial charge in [0.1, 0.15) is 11.4 Å². The quantitative estimate of drug-likeness (QED) is 0.0229. The van der Waals surface area contributed by atoms with Gasteiger partial charge in [-0.05, 0) is 148 Å². The number of nitrogens with two attached hydrogens (primary N) is 6. The highest BCUT2D eigenvalue weighted by molar-refractivity contribution is 9.11. The van der Waals surface area contributed by atoms with Crippen molar-refractivity contribution in [2.75, 3.05) is 52.9 Å². The average molecular weight is 1620 g/mol. The Morgan fingerprint density at radius 3 is 1.25 bits per heavy atom. The van der Waals surface area contributed by atoms with E-state index < -0.39 is 29.6 Å². The maximum absolute atomic E-state index is 11.8. The van der Waals surface area contributed by atoms with Crippen LogP contribution in [0.2, 0.25) is 0 Å². The van der Waals surface area contributed by atoms with Crippen molar-refractivity contribution in [2.24, 2.45) is 5.92 Å². The number of esters is 2. The lowest BCUT2D eigenvalue weighted by Crippen LogP contribution is -2.20. The molecular formula is C61H57Br4N23O10S. The highest BCUT2D eigenvalue weighted by atomic mass is 79.9. The topological polar surface area (TPSA) is 556 Å². The normalized spacial score (nSPS) is 10.5. The molecule has 0 saturated heterocycles. The van der Waals surface area contributed by atoms with E-state index in [1.54, 1.807) is 99.2 Å². The lowest BCUT2D eigenvalue weighted by Gasteiger charge is -2.07. The molecule has 0 fully saturated rings. The third-order valence-electron chi connectivity index (χ3n) is 12.4. The number of rotatable bonds is 17. The third-order valence-corrected chi connectivity index (χ3v) is 15.4. The van der Waals surface area contributed by atoms with Crippen LogP contribution in [0.25, 0.3) is 56.8 Å². The summed E-state index contributed by atoms with van der Waals surface area (Å²) in [7, 11) is 0. The minimum absolute atomic E-state index is 0.00993. The summed E-state index contributed by atoms with van der Waals surface area (Å²) in [6.45, 7) is 6.92. The van der Waals surface area contributed by atoms with Gasteiger partial charge >= 0.3 is 17.9 Å². The first-order valence-electron chi connectivity index (χ1n) is 28.3. The van der Waals surface area contributed by atoms with Crippen molar-refractivity contribution in [3.8, 4) is 62.9 Å². The summed E-state index contributed by atoms with van der Waals surface area (Å²) < 4.78 is 11.2. The summed E-state index contributed by atoms with van der Waals surface area (Å²) in [5.74, 6) is -3.01. The number of carbonyl (C=O) groups is 7. The summed E-state index contributed by atoms with van der Waals surface area (Å²) in [5, 5.41) is 21.9. The predicted octanol–water partition coefficient (Wildman–Crippen LogP) is 9.48. The first kappa shape index (κ1) is 76.6. The zero-order chi connectivity index (χ0) is 72.5. The number of aromatic amines is 4. The Bertz CT molecular complexity index is 4610. The number of carboxylic acid groups (broad SMARTS) is 1. The number of thiophene rings is 1. The van der Waals surface area contributed by atoms with Crippen LogP contribution < -0.4 is 34.4 Å². The molecule has 0 aromatic carbocycles. The molecule has 0 radical (unpaired) electrons. The number of carbonyl (C=O) groups excluding carboxylic acids is 6. The Kier molecular flexibility index (Phi) is 28.8. The number of Topliss-reactive ketones (excluding diaryl/α,β-unsaturated/α-hetero) is 4. The van der Waals surface area contributed by atoms with Gasteiger partial charge in [-0.15, -0.1) is 0 Å². The average Bonchev–Trinajstić information content (AvgIpc) is 1.87. The Morgan fingerprint density at radius 2 is 0.899 bits per heavy atom. The van der Waals surface area contributed by atoms with E-state index in [-0.39, 0.29) is 82.7 Å². The van der Waals surface area contributed by atoms with Crippen LogP contribution in [0.5, 0.6) is 0 Å². The fourth-order valence-electron chi connectivity index (χ4n) is 7.91. The molecule has 0 amide bonds. The van der Waals surface area contributed by atoms with E-state index in [4.69, 9.17) is 49.5 Å². The number of aromatic carboxylic acids is 1. The molecule has 99 heavy (non-hydrogen) atoms. The van der Waals surface area contributed by atoms with Crippen molar-refractivity contribution < 1.29 is 48.1 Å². The van der Waals surface area contributed by atoms with Crippen LogP contribution in [0.15, 0.2) is 128 Å². The molecule has 1 unspecified atom stereocenters. The van der Waals surface area contributed by atoms with Gasteiger partial charge in [-0.2, -0.15) is 16.6 Å². The second kappa shape index (κ2) is 37.2. The molecule has 0 saturated carbocycles. The Morgan fingerprint density at radius 1 is 0.525 bits per heavy atom. The first-order chi connectivity index (χ1) is 47.2. The number of halogens is 4. The number of anilines is 6. The number of alkyl halides is 1. The van der Waals surface area contributed by atoms with Crippen molar-refractivity contribution >= 4 is 152 Å². The highest BCUT2D eigenvalue weighted by Gasteiger charge is 2.25. The number of carboxylic acids is 1. The number of H-pyrrole nitrogens is 4. The maximum atomic E-state index is 11.8. The molecule has 0 aliphatic carbocycles. The Hall–Kier alpha value is -11.4. The number of aromatic nitrogens is 16. The summed E-state index contributed by atoms with van der Waals surface area (Å²) in [5.41, 5.74) is 41.8. The van der Waals surface area contributed by atoms with Gasteiger partial charge in [-0.3, -0.25) is 24.0 Å². The largest absolute Gasteiger partial charge is 0.478 e. The first-order valence-corrected chi connectivity index (χ1v) is 32.7. The van der Waals surface area contributed by atoms with E-state index in [9.17, 15) is 33.6 Å². The lowest BCUT2D eigenvalue weighted by atomic mass is 10.0. The number of nitrogen functional groups attached to an aromatic ring is 6. The molecule has 11 aromatic heterocycles. The molecule has 11 rings (SSSR count). The van der Waals surface area contributed by atoms with E-state index in [2.05, 4.69) is 148 Å². The second-order valence-electron chi connectivity index (χ2n) is 19.3. The van der Waals surface area contributed by atoms with Gasteiger partial charge in [0.2, 0.25) is 35.7 Å². The van der Waals surface area contributed by atoms with Crippen LogP contribution in [-0.2, 0) is 14.3 Å². The van der Waals surface area contributed by atoms with Gasteiger partial charge in [0, 0.05) is 60.1 Å². The number of nitrogens with one attached hydrogen (secondary N) is 4. The molecule has 38 heteroatoms. The SMILES string of the molecule is CC(=O)c1cc(-c2ccnc(N)n2)[nH]c1-c1ccsc1.CC(=O)c1cc(-c2ccnc(N)n2)[nH]c1Br.CCOC(=O)C(C#N)CC(=O)c1ccnc(N)n1.CCOC(=O)c1cc(-c2ccnc(N)n2)[nH]c1Br.Nc1nccc(-c2cc(C(=O)O)c(Br)[nH]2)n1.Nc1nccc(C(=O)CBr)n1. The smallest absolute Gasteiger partial charge is 0.340 e. The highest BCUT2D eigenvalue weighted by Crippen LogP contribution is 2.31. The monoisotopic (exact) mass is 1620 g/mol. The fourth-order valence-corrected chi connectivity index (χ4v) is 10.4. The predicted molar refractivity (Wildman–Crippen MR) is 380 cm³/mol. The molecule has 510 valence electrons. The maximum Gasteiger partial charge on any atom is 0.340 e. The molecule has 0 aliphatic rings. The van der Waals surface area contributed by atoms with Crippen molar-refractivity contribution in [1.29, 1.82) is 5.26 Å². The summed E-state index contributed by atoms with van der Waals surface area (Å²) >= 11 is 14.3. The van der Waals surface area contributed by atoms with Crippen molar-refractivity contribution in [1.82, 2.24) is 79.7 Å². The number of ketones is 4. The van der Waals surface area contributed by atoms with Gasteiger partial charge in [0.15, 0.2) is 29.1 Å². The molecule has 33 nitrogen and oxygen atoms in total. The van der Waals surface area contributed by atoms with Crippen LogP contribution in [0.3, 0.4) is 0 Å². The lowest BCUT2D eigenvalue weighted by molar-refractivity contribution is -0.145. The van der Waals surface area contributed by atoms with Crippen LogP contribution in [0.4, 0.5) is 35.7 Å². The molecule has 11 aromatic rings. The standard InChI is InChI=1S/C14H12N4OS.C11H11BrN4O2.C11H12N4O3.C10H9BrN4O.C9H7BrN4O2.C6H6BrN3O/c1-8(19)10-6-12(11-2-4-16-14(15)18-11)17-13(10)9-3-5-20-7-9;1-2-18-10(17)6-5-8(15-9(6)12)7-3-4-14-11(13)16-7;1-2-18-10(17)7(6-12)5-9(16)8-3-4-14-11(13)15-8;1-5(16)6-4-8(14-9(6)11)7-2-3-13-10(12)15-7;10-7-4(8(15)16)3-6(13-7)5-1-2-12-9(11)14-5;7-3-5(11)4-1-2-9-6(8)10-4/h2-7,17H,1H3,(H2,15,16,18);3-5,15H,2H2,1H3,(H2,13,14,16);3-4,7H,2,5H2,1H3,(H2,13,14,15);2-4,14H,1H3,(H2,12,13,15);1-3,13H,(H,15,16)(H2,11,12,14);1-2H,3H2,(H2,8,9,10). The molecule has 17 N–H and O–H groups in total. The third kappa shape index (κ3) is 22.6. The number of hydrogen-bond donors (Lipinski definition) is 11. The molecule has 0 spiro atoms. The molecule has 0 aliphatic heterocycles. The fraction of sp³-hybridized carbons (Fsp3) is 0.148. The van der Waals surface area contributed by atoms with Gasteiger partial charge in [-0.25, -0.2) is 69.4 Å². The Labute approximate surface area is 598 Å². The van der Waals surface area contributed by atoms with Gasteiger partial charge < -0.3 is 68.9 Å². The molecule has 11 heterocycles. The van der Waals surface area contributed by atoms with E-state index in [1.807, 2.05) is 16.8 Å². The molecular weight excluding hydrogens is 1570 g/mol. The van der Waals surface area contributed by atoms with Crippen molar-refractivity contribution in [3.05, 3.63) is 162 Å². The zero-order valence-electron chi connectivity index (χ0n) is 52.2. The number of ether oxygens (including phenoxy) is 2. The van der Waals surface area contributed by atoms with E-state index in [0.29, 0.717) is 77.0 Å². The minimum atomic E-state index is -1.13.